The Hall–Kier alpha value is -4.52. The minimum Gasteiger partial charge on any atom is -0.550 e. The third-order valence-electron chi connectivity index (χ3n) is 6.92. The number of rotatable bonds is 33. The number of aliphatic carboxylic acids is 12. The van der Waals surface area contributed by atoms with Crippen molar-refractivity contribution < 1.29 is 187 Å². The van der Waals surface area contributed by atoms with Gasteiger partial charge < -0.3 is 151 Å². The Morgan fingerprint density at radius 3 is 0.500 bits per heavy atom. The summed E-state index contributed by atoms with van der Waals surface area (Å²) in [5, 5.41) is 139. The van der Waals surface area contributed by atoms with E-state index in [-0.39, 0.29) is 68.3 Å². The second-order valence-electron chi connectivity index (χ2n) is 12.2. The summed E-state index contributed by atoms with van der Waals surface area (Å²) in [4.78, 5) is 126. The fourth-order valence-electron chi connectivity index (χ4n) is 4.77. The van der Waals surface area contributed by atoms with Crippen LogP contribution in [0.4, 0.5) is 0 Å². The van der Waals surface area contributed by atoms with Crippen LogP contribution in [0.2, 0.25) is 0 Å². The second kappa shape index (κ2) is 38.9. The molecule has 0 spiro atoms. The summed E-state index contributed by atoms with van der Waals surface area (Å²) in [6.45, 7) is -5.88. The van der Waals surface area contributed by atoms with E-state index >= 15 is 0 Å². The fourth-order valence-corrected chi connectivity index (χ4v) is 4.77. The third kappa shape index (κ3) is 44.1. The maximum absolute atomic E-state index is 10.7. The molecule has 0 atom stereocenters. The van der Waals surface area contributed by atoms with Crippen molar-refractivity contribution in [1.29, 1.82) is 0 Å². The van der Waals surface area contributed by atoms with Gasteiger partial charge in [0.25, 0.3) is 0 Å². The van der Waals surface area contributed by atoms with Crippen LogP contribution in [-0.4, -0.2) is 147 Å². The topological polar surface area (TPSA) is 554 Å². The normalized spacial score (nSPS) is 10.3. The zero-order chi connectivity index (χ0) is 47.3. The first kappa shape index (κ1) is 73.9. The van der Waals surface area contributed by atoms with E-state index in [4.69, 9.17) is 0 Å². The van der Waals surface area contributed by atoms with E-state index in [2.05, 4.69) is 31.9 Å². The van der Waals surface area contributed by atoms with Gasteiger partial charge in [-0.1, -0.05) is 0 Å². The van der Waals surface area contributed by atoms with Gasteiger partial charge in [-0.2, -0.15) is 0 Å². The molecule has 0 saturated carbocycles. The molecule has 0 aliphatic carbocycles. The largest absolute Gasteiger partial charge is 3.00 e. The molecule has 30 nitrogen and oxygen atoms in total. The van der Waals surface area contributed by atoms with Gasteiger partial charge in [0.1, 0.15) is 0 Å². The standard InChI is InChI=1S/3C10H16N2O8.4Fe/c3*13-6(14)1-10(2-7(15)16,12-4-9(19)20)5-11-3-8(17)18;;;;/h3*11-12H,1-5H2,(H,13,14)(H,15,16)(H,17,18)(H,19,20);;;;/q;;;4*+3/p-12. The number of nitrogens with one attached hydrogen (secondary N) is 6. The van der Waals surface area contributed by atoms with Crippen molar-refractivity contribution in [3.05, 3.63) is 0 Å². The molecule has 0 fully saturated rings. The SMILES string of the molecule is O=C([O-])CNCC(CC(=O)[O-])(CC(=O)[O-])NCC(=O)[O-].O=C([O-])CNCC(CC(=O)[O-])(CC(=O)[O-])NCC(=O)[O-].O=C([O-])CNCC(CC(=O)[O-])(CC(=O)[O-])NCC(=O)[O-].[Fe+3].[Fe+3].[Fe+3].[Fe+3]. The number of carbonyl (C=O) groups is 12. The number of hydrogen-bond acceptors (Lipinski definition) is 30. The van der Waals surface area contributed by atoms with Crippen molar-refractivity contribution in [3.8, 4) is 0 Å². The number of carboxylic acids is 12. The van der Waals surface area contributed by atoms with Gasteiger partial charge in [-0.3, -0.25) is 0 Å². The summed E-state index contributed by atoms with van der Waals surface area (Å²) in [5.41, 5.74) is -5.35. The van der Waals surface area contributed by atoms with Gasteiger partial charge in [-0.25, -0.2) is 0 Å². The molecule has 34 heteroatoms. The molecule has 0 bridgehead atoms. The van der Waals surface area contributed by atoms with Crippen molar-refractivity contribution in [2.45, 2.75) is 55.1 Å². The summed E-state index contributed by atoms with van der Waals surface area (Å²) in [5.74, 6) is -19.1. The molecule has 64 heavy (non-hydrogen) atoms. The Bertz CT molecular complexity index is 1330. The molecule has 6 N–H and O–H groups in total. The third-order valence-corrected chi connectivity index (χ3v) is 6.92. The molecule has 0 aromatic rings. The monoisotopic (exact) mass is 1090 g/mol. The minimum absolute atomic E-state index is 0. The van der Waals surface area contributed by atoms with Crippen LogP contribution in [0.5, 0.6) is 0 Å². The van der Waals surface area contributed by atoms with Gasteiger partial charge >= 0.3 is 68.3 Å². The second-order valence-corrected chi connectivity index (χ2v) is 12.2. The number of hydrogen-bond donors (Lipinski definition) is 6. The summed E-state index contributed by atoms with van der Waals surface area (Å²) in [7, 11) is 0. The molecular weight excluding hydrogens is 1050 g/mol. The molecule has 0 rings (SSSR count). The van der Waals surface area contributed by atoms with Crippen molar-refractivity contribution in [2.24, 2.45) is 0 Å². The molecule has 0 unspecified atom stereocenters. The zero-order valence-electron chi connectivity index (χ0n) is 32.3. The Balaban J connectivity index is -0.000000148. The van der Waals surface area contributed by atoms with Crippen molar-refractivity contribution in [2.75, 3.05) is 58.9 Å². The predicted octanol–water partition coefficient (Wildman–Crippen LogP) is -22.0. The van der Waals surface area contributed by atoms with Gasteiger partial charge in [0.15, 0.2) is 0 Å². The Morgan fingerprint density at radius 2 is 0.391 bits per heavy atom. The molecule has 4 radical (unpaired) electrons. The van der Waals surface area contributed by atoms with Crippen LogP contribution in [0.25, 0.3) is 0 Å². The van der Waals surface area contributed by atoms with Crippen molar-refractivity contribution >= 4 is 71.6 Å². The molecule has 0 aliphatic heterocycles. The first-order chi connectivity index (χ1) is 27.5. The molecular formula is C30H36Fe4N6O24. The van der Waals surface area contributed by atoms with E-state index in [1.165, 1.54) is 0 Å². The van der Waals surface area contributed by atoms with Gasteiger partial charge in [-0.15, -0.1) is 0 Å². The van der Waals surface area contributed by atoms with Crippen molar-refractivity contribution in [3.63, 3.8) is 0 Å². The molecule has 0 aromatic heterocycles. The number of carbonyl (C=O) groups excluding carboxylic acids is 12. The Morgan fingerprint density at radius 1 is 0.250 bits per heavy atom. The van der Waals surface area contributed by atoms with E-state index in [1.807, 2.05) is 0 Å². The zero-order valence-corrected chi connectivity index (χ0v) is 36.7. The van der Waals surface area contributed by atoms with E-state index in [9.17, 15) is 119 Å². The first-order valence-electron chi connectivity index (χ1n) is 16.3. The fraction of sp³-hybridized carbons (Fsp3) is 0.600. The minimum atomic E-state index is -1.78. The van der Waals surface area contributed by atoms with Crippen LogP contribution < -0.4 is 93.2 Å². The quantitative estimate of drug-likeness (QED) is 0.0332. The summed E-state index contributed by atoms with van der Waals surface area (Å²) >= 11 is 0. The van der Waals surface area contributed by atoms with Crippen LogP contribution in [-0.2, 0) is 126 Å². The molecule has 0 aliphatic rings. The predicted molar refractivity (Wildman–Crippen MR) is 159 cm³/mol. The first-order valence-corrected chi connectivity index (χ1v) is 16.3. The molecule has 0 saturated heterocycles. The molecule has 0 aromatic carbocycles. The van der Waals surface area contributed by atoms with E-state index in [0.29, 0.717) is 0 Å². The molecule has 0 amide bonds. The average Bonchev–Trinajstić information content (AvgIpc) is 3.04. The van der Waals surface area contributed by atoms with E-state index in [1.54, 1.807) is 0 Å². The van der Waals surface area contributed by atoms with Gasteiger partial charge in [0.2, 0.25) is 0 Å². The van der Waals surface area contributed by atoms with Crippen molar-refractivity contribution in [1.82, 2.24) is 31.9 Å². The van der Waals surface area contributed by atoms with Gasteiger partial charge in [0.05, 0.1) is 35.8 Å². The van der Waals surface area contributed by atoms with E-state index in [0.717, 1.165) is 0 Å². The molecule has 362 valence electrons. The van der Waals surface area contributed by atoms with Gasteiger partial charge in [0, 0.05) is 150 Å². The molecule has 0 heterocycles. The smallest absolute Gasteiger partial charge is 0.550 e. The maximum Gasteiger partial charge on any atom is 3.00 e. The Labute approximate surface area is 402 Å². The average molecular weight is 1090 g/mol. The van der Waals surface area contributed by atoms with Crippen LogP contribution in [0.3, 0.4) is 0 Å². The van der Waals surface area contributed by atoms with Crippen LogP contribution in [0.1, 0.15) is 38.5 Å². The van der Waals surface area contributed by atoms with E-state index < -0.39 is 186 Å². The maximum atomic E-state index is 10.7. The number of carboxylic acid groups (broad SMARTS) is 12. The van der Waals surface area contributed by atoms with Crippen LogP contribution in [0.15, 0.2) is 0 Å². The summed E-state index contributed by atoms with van der Waals surface area (Å²) < 4.78 is 0. The van der Waals surface area contributed by atoms with Crippen LogP contribution in [0, 0.1) is 0 Å². The van der Waals surface area contributed by atoms with Crippen LogP contribution >= 0.6 is 0 Å². The Kier molecular flexibility index (Phi) is 44.9. The van der Waals surface area contributed by atoms with Gasteiger partial charge in [-0.05, 0) is 0 Å². The summed E-state index contributed by atoms with van der Waals surface area (Å²) in [6, 6.07) is 0. The summed E-state index contributed by atoms with van der Waals surface area (Å²) in [6.07, 6.45) is -5.20.